The standard InChI is InChI=1S/C13H17NO4/c1-3-14(8-13(16)17)12(15)9-18-11-6-4-10(2)5-7-11/h4-7H,3,8-9H2,1-2H3,(H,16,17). The normalized spacial score (nSPS) is 9.89. The number of hydrogen-bond acceptors (Lipinski definition) is 3. The minimum Gasteiger partial charge on any atom is -0.484 e. The molecule has 0 fully saturated rings. The fraction of sp³-hybridized carbons (Fsp3) is 0.385. The first-order valence-corrected chi connectivity index (χ1v) is 5.72. The Hall–Kier alpha value is -2.04. The van der Waals surface area contributed by atoms with Crippen molar-refractivity contribution < 1.29 is 19.4 Å². The molecule has 0 aromatic heterocycles. The molecule has 1 aromatic carbocycles. The van der Waals surface area contributed by atoms with E-state index >= 15 is 0 Å². The summed E-state index contributed by atoms with van der Waals surface area (Å²) in [5.41, 5.74) is 1.11. The Morgan fingerprint density at radius 3 is 2.39 bits per heavy atom. The van der Waals surface area contributed by atoms with Crippen molar-refractivity contribution in [2.45, 2.75) is 13.8 Å². The lowest BCUT2D eigenvalue weighted by Gasteiger charge is -2.18. The number of rotatable bonds is 6. The Kier molecular flexibility index (Phi) is 5.17. The van der Waals surface area contributed by atoms with Gasteiger partial charge < -0.3 is 14.7 Å². The van der Waals surface area contributed by atoms with Crippen LogP contribution in [-0.2, 0) is 9.59 Å². The van der Waals surface area contributed by atoms with Crippen LogP contribution in [0.3, 0.4) is 0 Å². The molecule has 0 atom stereocenters. The molecule has 0 aliphatic carbocycles. The third-order valence-corrected chi connectivity index (χ3v) is 2.44. The molecule has 0 heterocycles. The van der Waals surface area contributed by atoms with Crippen molar-refractivity contribution in [2.24, 2.45) is 0 Å². The molecule has 0 saturated heterocycles. The number of carbonyl (C=O) groups excluding carboxylic acids is 1. The average molecular weight is 251 g/mol. The predicted octanol–water partition coefficient (Wildman–Crippen LogP) is 1.31. The van der Waals surface area contributed by atoms with Crippen molar-refractivity contribution >= 4 is 11.9 Å². The highest BCUT2D eigenvalue weighted by Crippen LogP contribution is 2.11. The van der Waals surface area contributed by atoms with Gasteiger partial charge in [-0.2, -0.15) is 0 Å². The lowest BCUT2D eigenvalue weighted by molar-refractivity contribution is -0.145. The van der Waals surface area contributed by atoms with Gasteiger partial charge in [0.1, 0.15) is 12.3 Å². The van der Waals surface area contributed by atoms with E-state index in [1.807, 2.05) is 19.1 Å². The van der Waals surface area contributed by atoms with Crippen molar-refractivity contribution in [1.29, 1.82) is 0 Å². The van der Waals surface area contributed by atoms with Crippen LogP contribution in [0, 0.1) is 6.92 Å². The highest BCUT2D eigenvalue weighted by molar-refractivity contribution is 5.82. The van der Waals surface area contributed by atoms with Crippen molar-refractivity contribution in [3.63, 3.8) is 0 Å². The summed E-state index contributed by atoms with van der Waals surface area (Å²) in [5.74, 6) is -0.763. The maximum atomic E-state index is 11.7. The number of nitrogens with zero attached hydrogens (tertiary/aromatic N) is 1. The summed E-state index contributed by atoms with van der Waals surface area (Å²) in [6, 6.07) is 7.31. The van der Waals surface area contributed by atoms with Gasteiger partial charge in [0.05, 0.1) is 0 Å². The summed E-state index contributed by atoms with van der Waals surface area (Å²) >= 11 is 0. The molecule has 98 valence electrons. The van der Waals surface area contributed by atoms with Gasteiger partial charge in [0, 0.05) is 6.54 Å². The zero-order chi connectivity index (χ0) is 13.5. The monoisotopic (exact) mass is 251 g/mol. The van der Waals surface area contributed by atoms with Crippen LogP contribution in [0.15, 0.2) is 24.3 Å². The number of carbonyl (C=O) groups is 2. The van der Waals surface area contributed by atoms with E-state index in [4.69, 9.17) is 9.84 Å². The summed E-state index contributed by atoms with van der Waals surface area (Å²) in [4.78, 5) is 23.5. The van der Waals surface area contributed by atoms with Gasteiger partial charge >= 0.3 is 5.97 Å². The number of ether oxygens (including phenoxy) is 1. The zero-order valence-electron chi connectivity index (χ0n) is 10.5. The van der Waals surface area contributed by atoms with Crippen LogP contribution in [0.4, 0.5) is 0 Å². The molecule has 5 nitrogen and oxygen atoms in total. The van der Waals surface area contributed by atoms with Crippen molar-refractivity contribution in [2.75, 3.05) is 19.7 Å². The maximum absolute atomic E-state index is 11.7. The lowest BCUT2D eigenvalue weighted by atomic mass is 10.2. The third kappa shape index (κ3) is 4.45. The van der Waals surface area contributed by atoms with Gasteiger partial charge in [0.25, 0.3) is 5.91 Å². The van der Waals surface area contributed by atoms with E-state index in [-0.39, 0.29) is 19.1 Å². The summed E-state index contributed by atoms with van der Waals surface area (Å²) in [6.07, 6.45) is 0. The fourth-order valence-electron chi connectivity index (χ4n) is 1.41. The highest BCUT2D eigenvalue weighted by atomic mass is 16.5. The summed E-state index contributed by atoms with van der Waals surface area (Å²) in [7, 11) is 0. The average Bonchev–Trinajstić information content (AvgIpc) is 2.34. The molecular formula is C13H17NO4. The molecular weight excluding hydrogens is 234 g/mol. The smallest absolute Gasteiger partial charge is 0.323 e. The van der Waals surface area contributed by atoms with Gasteiger partial charge in [-0.05, 0) is 26.0 Å². The van der Waals surface area contributed by atoms with Crippen LogP contribution in [0.25, 0.3) is 0 Å². The SMILES string of the molecule is CCN(CC(=O)O)C(=O)COc1ccc(C)cc1. The molecule has 0 bridgehead atoms. The van der Waals surface area contributed by atoms with E-state index in [1.165, 1.54) is 4.90 Å². The van der Waals surface area contributed by atoms with Gasteiger partial charge in [0.2, 0.25) is 0 Å². The fourth-order valence-corrected chi connectivity index (χ4v) is 1.41. The summed E-state index contributed by atoms with van der Waals surface area (Å²) < 4.78 is 5.30. The largest absolute Gasteiger partial charge is 0.484 e. The van der Waals surface area contributed by atoms with Crippen LogP contribution in [0.1, 0.15) is 12.5 Å². The molecule has 1 N–H and O–H groups in total. The number of amides is 1. The van der Waals surface area contributed by atoms with E-state index in [9.17, 15) is 9.59 Å². The quantitative estimate of drug-likeness (QED) is 0.827. The van der Waals surface area contributed by atoms with Crippen molar-refractivity contribution in [1.82, 2.24) is 4.90 Å². The minimum atomic E-state index is -1.03. The predicted molar refractivity (Wildman–Crippen MR) is 66.6 cm³/mol. The molecule has 0 saturated carbocycles. The number of hydrogen-bond donors (Lipinski definition) is 1. The molecule has 0 unspecified atom stereocenters. The van der Waals surface area contributed by atoms with E-state index in [0.717, 1.165) is 5.56 Å². The van der Waals surface area contributed by atoms with Gasteiger partial charge in [-0.1, -0.05) is 17.7 Å². The van der Waals surface area contributed by atoms with Gasteiger partial charge in [0.15, 0.2) is 6.61 Å². The Morgan fingerprint density at radius 1 is 1.28 bits per heavy atom. The number of carboxylic acids is 1. The van der Waals surface area contributed by atoms with Crippen LogP contribution in [0.5, 0.6) is 5.75 Å². The van der Waals surface area contributed by atoms with Crippen LogP contribution < -0.4 is 4.74 Å². The zero-order valence-corrected chi connectivity index (χ0v) is 10.5. The maximum Gasteiger partial charge on any atom is 0.323 e. The second kappa shape index (κ2) is 6.64. The summed E-state index contributed by atoms with van der Waals surface area (Å²) in [5, 5.41) is 8.64. The Bertz CT molecular complexity index is 414. The number of carboxylic acid groups (broad SMARTS) is 1. The first-order chi connectivity index (χ1) is 8.52. The molecule has 1 rings (SSSR count). The second-order valence-electron chi connectivity index (χ2n) is 3.90. The Labute approximate surface area is 106 Å². The third-order valence-electron chi connectivity index (χ3n) is 2.44. The Balaban J connectivity index is 2.49. The summed E-state index contributed by atoms with van der Waals surface area (Å²) in [6.45, 7) is 3.59. The highest BCUT2D eigenvalue weighted by Gasteiger charge is 2.15. The molecule has 1 aromatic rings. The first-order valence-electron chi connectivity index (χ1n) is 5.72. The molecule has 0 aliphatic heterocycles. The molecule has 18 heavy (non-hydrogen) atoms. The van der Waals surface area contributed by atoms with E-state index < -0.39 is 5.97 Å². The molecule has 1 amide bonds. The van der Waals surface area contributed by atoms with Crippen molar-refractivity contribution in [3.05, 3.63) is 29.8 Å². The topological polar surface area (TPSA) is 66.8 Å². The number of aliphatic carboxylic acids is 1. The van der Waals surface area contributed by atoms with Gasteiger partial charge in [-0.15, -0.1) is 0 Å². The first kappa shape index (κ1) is 14.0. The molecule has 0 radical (unpaired) electrons. The Morgan fingerprint density at radius 2 is 1.89 bits per heavy atom. The molecule has 0 aliphatic rings. The van der Waals surface area contributed by atoms with Gasteiger partial charge in [-0.25, -0.2) is 0 Å². The molecule has 5 heteroatoms. The number of aryl methyl sites for hydroxylation is 1. The van der Waals surface area contributed by atoms with E-state index in [1.54, 1.807) is 19.1 Å². The van der Waals surface area contributed by atoms with E-state index in [0.29, 0.717) is 12.3 Å². The lowest BCUT2D eigenvalue weighted by Crippen LogP contribution is -2.38. The minimum absolute atomic E-state index is 0.149. The number of likely N-dealkylation sites (N-methyl/N-ethyl adjacent to an activating group) is 1. The number of benzene rings is 1. The molecule has 0 spiro atoms. The van der Waals surface area contributed by atoms with Crippen LogP contribution in [0.2, 0.25) is 0 Å². The van der Waals surface area contributed by atoms with E-state index in [2.05, 4.69) is 0 Å². The van der Waals surface area contributed by atoms with Crippen molar-refractivity contribution in [3.8, 4) is 5.75 Å². The van der Waals surface area contributed by atoms with Gasteiger partial charge in [-0.3, -0.25) is 9.59 Å². The second-order valence-corrected chi connectivity index (χ2v) is 3.90. The van der Waals surface area contributed by atoms with Crippen LogP contribution >= 0.6 is 0 Å². The van der Waals surface area contributed by atoms with Crippen LogP contribution in [-0.4, -0.2) is 41.6 Å².